The summed E-state index contributed by atoms with van der Waals surface area (Å²) in [7, 11) is -3.28. The van der Waals surface area contributed by atoms with Gasteiger partial charge in [0, 0.05) is 18.1 Å². The fourth-order valence-electron chi connectivity index (χ4n) is 1.75. The predicted octanol–water partition coefficient (Wildman–Crippen LogP) is 1.45. The van der Waals surface area contributed by atoms with Crippen molar-refractivity contribution in [3.63, 3.8) is 0 Å². The van der Waals surface area contributed by atoms with Crippen molar-refractivity contribution in [3.05, 3.63) is 34.9 Å². The van der Waals surface area contributed by atoms with E-state index in [9.17, 15) is 8.42 Å². The highest BCUT2D eigenvalue weighted by atomic mass is 35.5. The molecule has 0 bridgehead atoms. The molecule has 0 saturated carbocycles. The van der Waals surface area contributed by atoms with Gasteiger partial charge >= 0.3 is 0 Å². The average molecular weight is 302 g/mol. The maximum Gasteiger partial charge on any atom is 0.234 e. The largest absolute Gasteiger partial charge is 0.336 e. The van der Waals surface area contributed by atoms with Crippen LogP contribution in [0.15, 0.2) is 29.3 Å². The molecule has 5 nitrogen and oxygen atoms in total. The van der Waals surface area contributed by atoms with Gasteiger partial charge in [-0.3, -0.25) is 9.71 Å². The van der Waals surface area contributed by atoms with Gasteiger partial charge in [-0.15, -0.1) is 0 Å². The van der Waals surface area contributed by atoms with Crippen molar-refractivity contribution in [2.75, 3.05) is 18.8 Å². The molecular weight excluding hydrogens is 286 g/mol. The van der Waals surface area contributed by atoms with Crippen molar-refractivity contribution in [1.29, 1.82) is 0 Å². The molecule has 1 aromatic carbocycles. The minimum atomic E-state index is -3.28. The van der Waals surface area contributed by atoms with Gasteiger partial charge in [0.25, 0.3) is 0 Å². The molecule has 0 radical (unpaired) electrons. The number of benzene rings is 1. The van der Waals surface area contributed by atoms with Crippen LogP contribution < -0.4 is 4.72 Å². The van der Waals surface area contributed by atoms with Gasteiger partial charge in [-0.05, 0) is 24.6 Å². The first-order valence-electron chi connectivity index (χ1n) is 6.04. The third-order valence-corrected chi connectivity index (χ3v) is 4.35. The molecule has 0 spiro atoms. The van der Waals surface area contributed by atoms with E-state index >= 15 is 0 Å². The number of aliphatic imine (C=N–C) groups is 1. The lowest BCUT2D eigenvalue weighted by Crippen LogP contribution is -2.41. The highest BCUT2D eigenvalue weighted by Gasteiger charge is 2.21. The summed E-state index contributed by atoms with van der Waals surface area (Å²) in [4.78, 5) is 6.10. The fraction of sp³-hybridized carbons (Fsp3) is 0.417. The second kappa shape index (κ2) is 5.79. The molecule has 0 saturated heterocycles. The van der Waals surface area contributed by atoms with Crippen molar-refractivity contribution in [2.45, 2.75) is 13.5 Å². The van der Waals surface area contributed by atoms with Gasteiger partial charge in [0.15, 0.2) is 0 Å². The Kier molecular flexibility index (Phi) is 4.31. The van der Waals surface area contributed by atoms with E-state index in [0.717, 1.165) is 5.56 Å². The Morgan fingerprint density at radius 2 is 2.05 bits per heavy atom. The summed E-state index contributed by atoms with van der Waals surface area (Å²) >= 11 is 5.83. The molecule has 0 aliphatic carbocycles. The highest BCUT2D eigenvalue weighted by Crippen LogP contribution is 2.13. The molecule has 1 aliphatic heterocycles. The van der Waals surface area contributed by atoms with Crippen LogP contribution in [-0.2, 0) is 16.6 Å². The molecule has 0 atom stereocenters. The number of nitrogens with one attached hydrogen (secondary N) is 1. The maximum absolute atomic E-state index is 11.6. The highest BCUT2D eigenvalue weighted by molar-refractivity contribution is 7.90. The zero-order chi connectivity index (χ0) is 13.9. The van der Waals surface area contributed by atoms with Crippen molar-refractivity contribution in [3.8, 4) is 0 Å². The van der Waals surface area contributed by atoms with Crippen LogP contribution >= 0.6 is 11.6 Å². The second-order valence-corrected chi connectivity index (χ2v) is 6.71. The number of hydrogen-bond acceptors (Lipinski definition) is 4. The Hall–Kier alpha value is -1.27. The summed E-state index contributed by atoms with van der Waals surface area (Å²) in [5.41, 5.74) is 1.06. The van der Waals surface area contributed by atoms with E-state index in [4.69, 9.17) is 11.6 Å². The van der Waals surface area contributed by atoms with Crippen molar-refractivity contribution in [1.82, 2.24) is 9.62 Å². The molecule has 0 aromatic heterocycles. The Morgan fingerprint density at radius 3 is 2.68 bits per heavy atom. The molecule has 0 amide bonds. The minimum absolute atomic E-state index is 0.0425. The summed E-state index contributed by atoms with van der Waals surface area (Å²) in [6.07, 6.45) is 0. The van der Waals surface area contributed by atoms with Gasteiger partial charge in [-0.1, -0.05) is 23.7 Å². The third kappa shape index (κ3) is 3.84. The van der Waals surface area contributed by atoms with Crippen LogP contribution in [-0.4, -0.2) is 38.1 Å². The molecule has 1 heterocycles. The SMILES string of the molecule is CCS(=O)(=O)NC1=NCCN1Cc1ccc(Cl)cc1. The zero-order valence-electron chi connectivity index (χ0n) is 10.6. The Labute approximate surface area is 118 Å². The van der Waals surface area contributed by atoms with Gasteiger partial charge in [-0.25, -0.2) is 8.42 Å². The van der Waals surface area contributed by atoms with Crippen molar-refractivity contribution in [2.24, 2.45) is 4.99 Å². The van der Waals surface area contributed by atoms with E-state index in [1.807, 2.05) is 29.2 Å². The van der Waals surface area contributed by atoms with Gasteiger partial charge < -0.3 is 4.90 Å². The Morgan fingerprint density at radius 1 is 1.37 bits per heavy atom. The second-order valence-electron chi connectivity index (χ2n) is 4.26. The quantitative estimate of drug-likeness (QED) is 0.915. The van der Waals surface area contributed by atoms with Crippen LogP contribution in [0.4, 0.5) is 0 Å². The number of guanidine groups is 1. The van der Waals surface area contributed by atoms with Crippen LogP contribution in [0, 0.1) is 0 Å². The molecule has 0 fully saturated rings. The lowest BCUT2D eigenvalue weighted by molar-refractivity contribution is 0.443. The normalized spacial score (nSPS) is 15.5. The van der Waals surface area contributed by atoms with Gasteiger partial charge in [0.2, 0.25) is 16.0 Å². The van der Waals surface area contributed by atoms with E-state index in [1.165, 1.54) is 0 Å². The monoisotopic (exact) mass is 301 g/mol. The topological polar surface area (TPSA) is 61.8 Å². The molecule has 19 heavy (non-hydrogen) atoms. The maximum atomic E-state index is 11.6. The van der Waals surface area contributed by atoms with Crippen LogP contribution in [0.2, 0.25) is 5.02 Å². The van der Waals surface area contributed by atoms with Crippen molar-refractivity contribution >= 4 is 27.6 Å². The predicted molar refractivity (Wildman–Crippen MR) is 76.8 cm³/mol. The summed E-state index contributed by atoms with van der Waals surface area (Å²) < 4.78 is 25.6. The number of nitrogens with zero attached hydrogens (tertiary/aromatic N) is 2. The molecular formula is C12H16ClN3O2S. The molecule has 104 valence electrons. The number of sulfonamides is 1. The molecule has 0 unspecified atom stereocenters. The van der Waals surface area contributed by atoms with Crippen molar-refractivity contribution < 1.29 is 8.42 Å². The summed E-state index contributed by atoms with van der Waals surface area (Å²) in [5, 5.41) is 0.686. The number of rotatable bonds is 4. The Balaban J connectivity index is 2.05. The molecule has 1 N–H and O–H groups in total. The van der Waals surface area contributed by atoms with Crippen LogP contribution in [0.1, 0.15) is 12.5 Å². The molecule has 7 heteroatoms. The average Bonchev–Trinajstić information content (AvgIpc) is 2.79. The van der Waals surface area contributed by atoms with Crippen LogP contribution in [0.3, 0.4) is 0 Å². The van der Waals surface area contributed by atoms with Crippen LogP contribution in [0.25, 0.3) is 0 Å². The lowest BCUT2D eigenvalue weighted by Gasteiger charge is -2.20. The number of halogens is 1. The summed E-state index contributed by atoms with van der Waals surface area (Å²) in [6.45, 7) is 3.53. The third-order valence-electron chi connectivity index (χ3n) is 2.84. The van der Waals surface area contributed by atoms with Gasteiger partial charge in [-0.2, -0.15) is 0 Å². The molecule has 1 aromatic rings. The summed E-state index contributed by atoms with van der Waals surface area (Å²) in [6, 6.07) is 7.49. The van der Waals surface area contributed by atoms with E-state index in [2.05, 4.69) is 9.71 Å². The van der Waals surface area contributed by atoms with E-state index in [1.54, 1.807) is 6.92 Å². The zero-order valence-corrected chi connectivity index (χ0v) is 12.2. The first kappa shape index (κ1) is 14.1. The first-order valence-corrected chi connectivity index (χ1v) is 8.07. The van der Waals surface area contributed by atoms with E-state index in [0.29, 0.717) is 30.6 Å². The summed E-state index contributed by atoms with van der Waals surface area (Å²) in [5.74, 6) is 0.470. The Bertz CT molecular complexity index is 569. The van der Waals surface area contributed by atoms with E-state index in [-0.39, 0.29) is 5.75 Å². The lowest BCUT2D eigenvalue weighted by atomic mass is 10.2. The van der Waals surface area contributed by atoms with E-state index < -0.39 is 10.0 Å². The van der Waals surface area contributed by atoms with Crippen LogP contribution in [0.5, 0.6) is 0 Å². The van der Waals surface area contributed by atoms with Gasteiger partial charge in [0.05, 0.1) is 12.3 Å². The molecule has 2 rings (SSSR count). The molecule has 1 aliphatic rings. The minimum Gasteiger partial charge on any atom is -0.336 e. The van der Waals surface area contributed by atoms with Gasteiger partial charge in [0.1, 0.15) is 0 Å². The fourth-order valence-corrected chi connectivity index (χ4v) is 2.50. The smallest absolute Gasteiger partial charge is 0.234 e. The number of hydrogen-bond donors (Lipinski definition) is 1. The standard InChI is InChI=1S/C12H16ClN3O2S/c1-2-19(17,18)15-12-14-7-8-16(12)9-10-3-5-11(13)6-4-10/h3-6H,2,7-9H2,1H3,(H,14,15). The first-order chi connectivity index (χ1) is 9.00.